The van der Waals surface area contributed by atoms with Gasteiger partial charge in [0.2, 0.25) is 0 Å². The average Bonchev–Trinajstić information content (AvgIpc) is 2.89. The summed E-state index contributed by atoms with van der Waals surface area (Å²) in [5, 5.41) is 9.67. The van der Waals surface area contributed by atoms with Crippen molar-refractivity contribution in [1.82, 2.24) is 0 Å². The highest BCUT2D eigenvalue weighted by molar-refractivity contribution is 5.75. The molecule has 12 nitrogen and oxygen atoms in total. The summed E-state index contributed by atoms with van der Waals surface area (Å²) in [6.45, 7) is 12.7. The molecule has 0 heterocycles. The molecule has 5 atom stereocenters. The van der Waals surface area contributed by atoms with E-state index in [0.717, 1.165) is 12.8 Å². The van der Waals surface area contributed by atoms with E-state index in [4.69, 9.17) is 34.2 Å². The number of aliphatic carboxylic acids is 1. The van der Waals surface area contributed by atoms with Crippen LogP contribution in [-0.4, -0.2) is 61.5 Å². The van der Waals surface area contributed by atoms with Crippen LogP contribution in [0.15, 0.2) is 18.2 Å². The molecular formula is C28H43NO11. The van der Waals surface area contributed by atoms with E-state index in [1.54, 1.807) is 20.8 Å². The summed E-state index contributed by atoms with van der Waals surface area (Å²) in [4.78, 5) is 48.5. The molecule has 0 fully saturated rings. The van der Waals surface area contributed by atoms with Crippen molar-refractivity contribution >= 4 is 24.4 Å². The zero-order valence-corrected chi connectivity index (χ0v) is 24.3. The summed E-state index contributed by atoms with van der Waals surface area (Å²) < 4.78 is 31.0. The number of ether oxygens (including phenoxy) is 6. The number of rotatable bonds is 15. The van der Waals surface area contributed by atoms with E-state index in [-0.39, 0.29) is 43.2 Å². The summed E-state index contributed by atoms with van der Waals surface area (Å²) in [6, 6.07) is 2.72. The number of benzene rings is 1. The van der Waals surface area contributed by atoms with Crippen molar-refractivity contribution in [3.8, 4) is 11.5 Å². The van der Waals surface area contributed by atoms with Crippen LogP contribution in [0.1, 0.15) is 72.8 Å². The number of hydrogen-bond acceptors (Lipinski definition) is 11. The van der Waals surface area contributed by atoms with Gasteiger partial charge in [0.1, 0.15) is 6.04 Å². The van der Waals surface area contributed by atoms with Gasteiger partial charge in [-0.15, -0.1) is 0 Å². The van der Waals surface area contributed by atoms with Crippen molar-refractivity contribution in [2.24, 2.45) is 23.5 Å². The van der Waals surface area contributed by atoms with Crippen molar-refractivity contribution < 1.29 is 52.7 Å². The molecule has 226 valence electrons. The highest BCUT2D eigenvalue weighted by Crippen LogP contribution is 2.36. The molecule has 0 amide bonds. The normalized spacial score (nSPS) is 14.7. The SMILES string of the molecule is CCC(C)COC(=O)Oc1ccc(C(C(C)COC(=O)OC(C)C)[C@H](N)C(=O)O)cc1OC(=O)OCC(C)CC. The minimum Gasteiger partial charge on any atom is -0.480 e. The number of carbonyl (C=O) groups is 4. The van der Waals surface area contributed by atoms with Crippen LogP contribution in [0, 0.1) is 17.8 Å². The van der Waals surface area contributed by atoms with E-state index in [1.165, 1.54) is 18.2 Å². The Balaban J connectivity index is 3.31. The molecule has 4 unspecified atom stereocenters. The number of hydrogen-bond donors (Lipinski definition) is 2. The molecule has 0 aliphatic heterocycles. The second kappa shape index (κ2) is 17.2. The first kappa shape index (κ1) is 34.5. The monoisotopic (exact) mass is 569 g/mol. The van der Waals surface area contributed by atoms with Crippen LogP contribution in [0.25, 0.3) is 0 Å². The van der Waals surface area contributed by atoms with Crippen LogP contribution in [0.5, 0.6) is 11.5 Å². The lowest BCUT2D eigenvalue weighted by molar-refractivity contribution is -0.139. The Bertz CT molecular complexity index is 981. The van der Waals surface area contributed by atoms with E-state index in [0.29, 0.717) is 5.56 Å². The number of carbonyl (C=O) groups excluding carboxylic acids is 3. The van der Waals surface area contributed by atoms with Gasteiger partial charge in [0.05, 0.1) is 25.9 Å². The molecule has 0 saturated heterocycles. The van der Waals surface area contributed by atoms with E-state index in [1.807, 2.05) is 27.7 Å². The largest absolute Gasteiger partial charge is 0.513 e. The smallest absolute Gasteiger partial charge is 0.480 e. The van der Waals surface area contributed by atoms with Crippen LogP contribution in [-0.2, 0) is 23.7 Å². The fraction of sp³-hybridized carbons (Fsp3) is 0.643. The molecule has 0 bridgehead atoms. The predicted octanol–water partition coefficient (Wildman–Crippen LogP) is 5.50. The third-order valence-electron chi connectivity index (χ3n) is 6.19. The maximum Gasteiger partial charge on any atom is 0.513 e. The van der Waals surface area contributed by atoms with Crippen LogP contribution in [0.4, 0.5) is 14.4 Å². The quantitative estimate of drug-likeness (QED) is 0.155. The lowest BCUT2D eigenvalue weighted by Crippen LogP contribution is -2.40. The van der Waals surface area contributed by atoms with Crippen LogP contribution in [0.3, 0.4) is 0 Å². The zero-order chi connectivity index (χ0) is 30.4. The molecule has 1 aromatic carbocycles. The minimum atomic E-state index is -1.42. The Morgan fingerprint density at radius 1 is 0.775 bits per heavy atom. The van der Waals surface area contributed by atoms with Gasteiger partial charge in [-0.05, 0) is 49.3 Å². The van der Waals surface area contributed by atoms with Crippen LogP contribution in [0.2, 0.25) is 0 Å². The summed E-state index contributed by atoms with van der Waals surface area (Å²) in [6.07, 6.45) is -1.78. The van der Waals surface area contributed by atoms with Gasteiger partial charge in [-0.2, -0.15) is 0 Å². The standard InChI is InChI=1S/C28H43NO11/c1-8-17(5)13-35-27(33)39-21-11-10-20(12-22(21)40-28(34)36-14-18(6)9-2)23(24(29)25(30)31)19(7)15-37-26(32)38-16(3)4/h10-12,16-19,23-24H,8-9,13-15,29H2,1-7H3,(H,30,31)/t17?,18?,19?,23?,24-/m0/s1. The third kappa shape index (κ3) is 12.1. The first-order chi connectivity index (χ1) is 18.8. The van der Waals surface area contributed by atoms with Crippen molar-refractivity contribution in [1.29, 1.82) is 0 Å². The number of nitrogens with two attached hydrogens (primary N) is 1. The van der Waals surface area contributed by atoms with Crippen molar-refractivity contribution in [3.63, 3.8) is 0 Å². The summed E-state index contributed by atoms with van der Waals surface area (Å²) in [7, 11) is 0. The van der Waals surface area contributed by atoms with E-state index >= 15 is 0 Å². The highest BCUT2D eigenvalue weighted by atomic mass is 16.7. The van der Waals surface area contributed by atoms with Gasteiger partial charge >= 0.3 is 24.4 Å². The molecule has 0 aliphatic carbocycles. The van der Waals surface area contributed by atoms with Gasteiger partial charge in [-0.3, -0.25) is 4.79 Å². The topological polar surface area (TPSA) is 170 Å². The van der Waals surface area contributed by atoms with E-state index < -0.39 is 48.4 Å². The molecule has 0 saturated carbocycles. The van der Waals surface area contributed by atoms with Gasteiger partial charge in [0, 0.05) is 5.92 Å². The van der Waals surface area contributed by atoms with Crippen LogP contribution >= 0.6 is 0 Å². The van der Waals surface area contributed by atoms with Gasteiger partial charge < -0.3 is 39.3 Å². The minimum absolute atomic E-state index is 0.0892. The van der Waals surface area contributed by atoms with Crippen molar-refractivity contribution in [2.75, 3.05) is 19.8 Å². The molecule has 0 aromatic heterocycles. The van der Waals surface area contributed by atoms with Crippen molar-refractivity contribution in [3.05, 3.63) is 23.8 Å². The average molecular weight is 570 g/mol. The second-order valence-electron chi connectivity index (χ2n) is 10.2. The highest BCUT2D eigenvalue weighted by Gasteiger charge is 2.33. The Labute approximate surface area is 235 Å². The van der Waals surface area contributed by atoms with Gasteiger partial charge in [0.25, 0.3) is 0 Å². The molecule has 0 radical (unpaired) electrons. The predicted molar refractivity (Wildman–Crippen MR) is 144 cm³/mol. The lowest BCUT2D eigenvalue weighted by Gasteiger charge is -2.28. The third-order valence-corrected chi connectivity index (χ3v) is 6.19. The summed E-state index contributed by atoms with van der Waals surface area (Å²) in [5.41, 5.74) is 6.35. The first-order valence-corrected chi connectivity index (χ1v) is 13.4. The number of carboxylic acid groups (broad SMARTS) is 1. The van der Waals surface area contributed by atoms with Crippen molar-refractivity contribution in [2.45, 2.75) is 79.4 Å². The molecule has 1 rings (SSSR count). The maximum atomic E-state index is 12.4. The molecule has 0 spiro atoms. The molecule has 1 aromatic rings. The van der Waals surface area contributed by atoms with Gasteiger partial charge in [-0.1, -0.05) is 53.5 Å². The Kier molecular flexibility index (Phi) is 14.8. The van der Waals surface area contributed by atoms with Gasteiger partial charge in [0.15, 0.2) is 11.5 Å². The molecule has 3 N–H and O–H groups in total. The van der Waals surface area contributed by atoms with E-state index in [9.17, 15) is 24.3 Å². The maximum absolute atomic E-state index is 12.4. The van der Waals surface area contributed by atoms with E-state index in [2.05, 4.69) is 0 Å². The second-order valence-corrected chi connectivity index (χ2v) is 10.2. The molecular weight excluding hydrogens is 526 g/mol. The molecule has 12 heteroatoms. The Morgan fingerprint density at radius 2 is 1.27 bits per heavy atom. The summed E-state index contributed by atoms with van der Waals surface area (Å²) >= 11 is 0. The van der Waals surface area contributed by atoms with Crippen LogP contribution < -0.4 is 15.2 Å². The lowest BCUT2D eigenvalue weighted by atomic mass is 9.82. The Hall–Kier alpha value is -3.54. The van der Waals surface area contributed by atoms with Gasteiger partial charge in [-0.25, -0.2) is 14.4 Å². The zero-order valence-electron chi connectivity index (χ0n) is 24.3. The first-order valence-electron chi connectivity index (χ1n) is 13.4. The molecule has 0 aliphatic rings. The summed E-state index contributed by atoms with van der Waals surface area (Å²) in [5.74, 6) is -2.97. The Morgan fingerprint density at radius 3 is 1.75 bits per heavy atom. The number of carboxylic acids is 1. The fourth-order valence-electron chi connectivity index (χ4n) is 3.36. The molecule has 40 heavy (non-hydrogen) atoms. The fourth-order valence-corrected chi connectivity index (χ4v) is 3.36.